The second-order valence-corrected chi connectivity index (χ2v) is 6.75. The molecule has 0 radical (unpaired) electrons. The Bertz CT molecular complexity index is 803. The minimum absolute atomic E-state index is 0.0231. The van der Waals surface area contributed by atoms with Gasteiger partial charge in [0.1, 0.15) is 0 Å². The van der Waals surface area contributed by atoms with E-state index in [1.807, 2.05) is 0 Å². The van der Waals surface area contributed by atoms with E-state index in [1.54, 1.807) is 6.07 Å². The maximum atomic E-state index is 12.6. The van der Waals surface area contributed by atoms with Crippen LogP contribution in [0.25, 0.3) is 10.9 Å². The molecule has 2 aliphatic heterocycles. The Labute approximate surface area is 138 Å². The number of hydrogen-bond donors (Lipinski definition) is 2. The number of nitro groups is 1. The molecule has 24 heavy (non-hydrogen) atoms. The Morgan fingerprint density at radius 3 is 2.75 bits per heavy atom. The largest absolute Gasteiger partial charge is 0.348 e. The molecule has 3 atom stereocenters. The van der Waals surface area contributed by atoms with Crippen molar-refractivity contribution in [1.29, 1.82) is 0 Å². The van der Waals surface area contributed by atoms with Crippen molar-refractivity contribution in [1.82, 2.24) is 20.4 Å². The number of carbonyl (C=O) groups is 1. The fourth-order valence-corrected chi connectivity index (χ4v) is 4.08. The van der Waals surface area contributed by atoms with Gasteiger partial charge in [-0.3, -0.25) is 20.0 Å². The molecule has 1 aromatic carbocycles. The number of aromatic nitrogens is 2. The van der Waals surface area contributed by atoms with Crippen molar-refractivity contribution >= 4 is 22.5 Å². The molecule has 8 nitrogen and oxygen atoms in total. The monoisotopic (exact) mass is 329 g/mol. The molecule has 0 aliphatic carbocycles. The maximum absolute atomic E-state index is 12.6. The van der Waals surface area contributed by atoms with Crippen LogP contribution in [0.1, 0.15) is 36.2 Å². The predicted octanol–water partition coefficient (Wildman–Crippen LogP) is 1.83. The van der Waals surface area contributed by atoms with Crippen LogP contribution in [-0.2, 0) is 0 Å². The lowest BCUT2D eigenvalue weighted by molar-refractivity contribution is -0.384. The smallest absolute Gasteiger partial charge is 0.272 e. The normalized spacial score (nSPS) is 26.6. The lowest BCUT2D eigenvalue weighted by Crippen LogP contribution is -2.48. The topological polar surface area (TPSA) is 104 Å². The number of nitrogens with zero attached hydrogens (tertiary/aromatic N) is 3. The van der Waals surface area contributed by atoms with E-state index in [2.05, 4.69) is 27.5 Å². The third-order valence-corrected chi connectivity index (χ3v) is 5.41. The van der Waals surface area contributed by atoms with Gasteiger partial charge in [-0.1, -0.05) is 0 Å². The summed E-state index contributed by atoms with van der Waals surface area (Å²) in [6, 6.07) is 5.63. The lowest BCUT2D eigenvalue weighted by Gasteiger charge is -2.36. The average molecular weight is 329 g/mol. The van der Waals surface area contributed by atoms with Gasteiger partial charge in [0, 0.05) is 35.6 Å². The van der Waals surface area contributed by atoms with Gasteiger partial charge in [0.2, 0.25) is 0 Å². The first-order chi connectivity index (χ1) is 11.5. The molecule has 1 amide bonds. The van der Waals surface area contributed by atoms with E-state index in [1.165, 1.54) is 25.0 Å². The van der Waals surface area contributed by atoms with E-state index in [-0.39, 0.29) is 17.6 Å². The lowest BCUT2D eigenvalue weighted by atomic mass is 9.98. The molecule has 3 heterocycles. The number of non-ortho nitro benzene ring substituents is 1. The molecule has 2 aliphatic rings. The van der Waals surface area contributed by atoms with Crippen molar-refractivity contribution in [3.05, 3.63) is 34.0 Å². The van der Waals surface area contributed by atoms with Crippen LogP contribution in [0.5, 0.6) is 0 Å². The zero-order valence-corrected chi connectivity index (χ0v) is 13.4. The molecule has 2 aromatic rings. The van der Waals surface area contributed by atoms with Gasteiger partial charge in [0.05, 0.1) is 10.4 Å². The Hall–Kier alpha value is -2.48. The van der Waals surface area contributed by atoms with Gasteiger partial charge in [-0.25, -0.2) is 0 Å². The molecular weight excluding hydrogens is 310 g/mol. The third-order valence-electron chi connectivity index (χ3n) is 5.41. The molecule has 2 N–H and O–H groups in total. The van der Waals surface area contributed by atoms with Crippen LogP contribution >= 0.6 is 0 Å². The first kappa shape index (κ1) is 15.1. The van der Waals surface area contributed by atoms with Crippen LogP contribution in [-0.4, -0.2) is 51.1 Å². The molecule has 126 valence electrons. The van der Waals surface area contributed by atoms with Crippen molar-refractivity contribution in [3.63, 3.8) is 0 Å². The number of amides is 1. The maximum Gasteiger partial charge on any atom is 0.272 e. The van der Waals surface area contributed by atoms with E-state index in [0.29, 0.717) is 28.7 Å². The average Bonchev–Trinajstić information content (AvgIpc) is 3.05. The second-order valence-electron chi connectivity index (χ2n) is 6.75. The van der Waals surface area contributed by atoms with Gasteiger partial charge < -0.3 is 10.2 Å². The number of fused-ring (bicyclic) bond motifs is 3. The van der Waals surface area contributed by atoms with Crippen LogP contribution in [0, 0.1) is 10.1 Å². The van der Waals surface area contributed by atoms with Gasteiger partial charge in [0.15, 0.2) is 5.69 Å². The van der Waals surface area contributed by atoms with E-state index in [4.69, 9.17) is 0 Å². The van der Waals surface area contributed by atoms with Crippen LogP contribution in [0.3, 0.4) is 0 Å². The van der Waals surface area contributed by atoms with E-state index in [9.17, 15) is 14.9 Å². The molecule has 0 saturated carbocycles. The summed E-state index contributed by atoms with van der Waals surface area (Å²) >= 11 is 0. The highest BCUT2D eigenvalue weighted by molar-refractivity contribution is 6.05. The molecule has 2 saturated heterocycles. The van der Waals surface area contributed by atoms with E-state index >= 15 is 0 Å². The van der Waals surface area contributed by atoms with Crippen LogP contribution < -0.4 is 5.32 Å². The summed E-state index contributed by atoms with van der Waals surface area (Å²) < 4.78 is 0. The van der Waals surface area contributed by atoms with Gasteiger partial charge in [-0.05, 0) is 38.8 Å². The molecule has 8 heteroatoms. The molecule has 2 bridgehead atoms. The number of carbonyl (C=O) groups excluding carboxylic acids is 1. The van der Waals surface area contributed by atoms with Gasteiger partial charge in [-0.2, -0.15) is 5.10 Å². The fraction of sp³-hybridized carbons (Fsp3) is 0.500. The zero-order chi connectivity index (χ0) is 16.8. The van der Waals surface area contributed by atoms with Gasteiger partial charge >= 0.3 is 0 Å². The minimum Gasteiger partial charge on any atom is -0.348 e. The van der Waals surface area contributed by atoms with E-state index in [0.717, 1.165) is 12.8 Å². The molecular formula is C16H19N5O3. The minimum atomic E-state index is -0.464. The summed E-state index contributed by atoms with van der Waals surface area (Å²) in [5.41, 5.74) is 0.772. The van der Waals surface area contributed by atoms with Crippen molar-refractivity contribution < 1.29 is 9.72 Å². The summed E-state index contributed by atoms with van der Waals surface area (Å²) in [5.74, 6) is -0.218. The Morgan fingerprint density at radius 2 is 2.08 bits per heavy atom. The summed E-state index contributed by atoms with van der Waals surface area (Å²) in [5, 5.41) is 21.3. The number of nitro benzene ring substituents is 1. The predicted molar refractivity (Wildman–Crippen MR) is 87.8 cm³/mol. The first-order valence-electron chi connectivity index (χ1n) is 8.18. The number of piperidine rings is 1. The zero-order valence-electron chi connectivity index (χ0n) is 13.4. The van der Waals surface area contributed by atoms with Crippen LogP contribution in [0.2, 0.25) is 0 Å². The summed E-state index contributed by atoms with van der Waals surface area (Å²) in [6.07, 6.45) is 4.32. The highest BCUT2D eigenvalue weighted by Gasteiger charge is 2.39. The van der Waals surface area contributed by atoms with E-state index < -0.39 is 4.92 Å². The molecule has 1 aromatic heterocycles. The summed E-state index contributed by atoms with van der Waals surface area (Å²) in [7, 11) is 2.16. The highest BCUT2D eigenvalue weighted by atomic mass is 16.6. The first-order valence-corrected chi connectivity index (χ1v) is 8.18. The standard InChI is InChI=1S/C16H19N5O3/c1-20-10-2-3-11(20)7-9(6-10)17-16(22)15-13-5-4-12(21(23)24)8-14(13)18-19-15/h4-5,8-11H,2-3,6-7H2,1H3,(H,17,22)(H,18,19)/t9-,10+,11-. The SMILES string of the molecule is CN1[C@@H]2CC[C@H]1C[C@@H](NC(=O)c1n[nH]c3cc([N+](=O)[O-])ccc13)C2. The number of benzene rings is 1. The van der Waals surface area contributed by atoms with Crippen molar-refractivity contribution in [2.45, 2.75) is 43.8 Å². The number of rotatable bonds is 3. The Morgan fingerprint density at radius 1 is 1.38 bits per heavy atom. The molecule has 4 rings (SSSR count). The Balaban J connectivity index is 1.53. The summed E-state index contributed by atoms with van der Waals surface area (Å²) in [4.78, 5) is 25.4. The molecule has 2 fully saturated rings. The number of aromatic amines is 1. The Kier molecular flexibility index (Phi) is 3.49. The highest BCUT2D eigenvalue weighted by Crippen LogP contribution is 2.34. The van der Waals surface area contributed by atoms with Crippen molar-refractivity contribution in [2.75, 3.05) is 7.05 Å². The van der Waals surface area contributed by atoms with Crippen molar-refractivity contribution in [2.24, 2.45) is 0 Å². The second kappa shape index (κ2) is 5.55. The number of nitrogens with one attached hydrogen (secondary N) is 2. The van der Waals surface area contributed by atoms with Gasteiger partial charge in [0.25, 0.3) is 11.6 Å². The molecule has 0 spiro atoms. The third kappa shape index (κ3) is 2.43. The summed E-state index contributed by atoms with van der Waals surface area (Å²) in [6.45, 7) is 0. The number of H-pyrrole nitrogens is 1. The fourth-order valence-electron chi connectivity index (χ4n) is 4.08. The van der Waals surface area contributed by atoms with Crippen LogP contribution in [0.4, 0.5) is 5.69 Å². The van der Waals surface area contributed by atoms with Crippen LogP contribution in [0.15, 0.2) is 18.2 Å². The molecule has 0 unspecified atom stereocenters. The number of hydrogen-bond acceptors (Lipinski definition) is 5. The van der Waals surface area contributed by atoms with Gasteiger partial charge in [-0.15, -0.1) is 0 Å². The quantitative estimate of drug-likeness (QED) is 0.660. The van der Waals surface area contributed by atoms with Crippen molar-refractivity contribution in [3.8, 4) is 0 Å².